The molecule has 0 spiro atoms. The fourth-order valence-corrected chi connectivity index (χ4v) is 4.09. The molecule has 0 bridgehead atoms. The van der Waals surface area contributed by atoms with Gasteiger partial charge >= 0.3 is 0 Å². The first-order valence-electron chi connectivity index (χ1n) is 9.73. The van der Waals surface area contributed by atoms with Gasteiger partial charge in [-0.15, -0.1) is 0 Å². The summed E-state index contributed by atoms with van der Waals surface area (Å²) in [4.78, 5) is 0. The van der Waals surface area contributed by atoms with Gasteiger partial charge in [0.05, 0.1) is 10.9 Å². The molecule has 0 radical (unpaired) electrons. The average molecular weight is 355 g/mol. The van der Waals surface area contributed by atoms with Crippen LogP contribution in [0.5, 0.6) is 0 Å². The number of aromatic nitrogens is 1. The summed E-state index contributed by atoms with van der Waals surface area (Å²) in [5.41, 5.74) is 5.62. The lowest BCUT2D eigenvalue weighted by atomic mass is 9.87. The van der Waals surface area contributed by atoms with Gasteiger partial charge in [-0.3, -0.25) is 0 Å². The topological polar surface area (TPSA) is 3.88 Å². The van der Waals surface area contributed by atoms with Crippen molar-refractivity contribution in [1.82, 2.24) is 0 Å². The minimum absolute atomic E-state index is 0.297. The van der Waals surface area contributed by atoms with Crippen LogP contribution in [0.25, 0.3) is 32.8 Å². The van der Waals surface area contributed by atoms with Crippen LogP contribution in [0.2, 0.25) is 0 Å². The molecule has 3 aromatic carbocycles. The van der Waals surface area contributed by atoms with Gasteiger partial charge in [-0.2, -0.15) is 0 Å². The summed E-state index contributed by atoms with van der Waals surface area (Å²) in [6.45, 7) is 9.11. The third-order valence-corrected chi connectivity index (χ3v) is 5.28. The molecule has 0 aliphatic heterocycles. The van der Waals surface area contributed by atoms with Crippen LogP contribution in [-0.4, -0.2) is 0 Å². The third kappa shape index (κ3) is 3.47. The molecule has 4 rings (SSSR count). The molecule has 0 aliphatic carbocycles. The van der Waals surface area contributed by atoms with Gasteiger partial charge in [-0.05, 0) is 58.2 Å². The molecule has 0 unspecified atom stereocenters. The highest BCUT2D eigenvalue weighted by atomic mass is 14.9. The normalized spacial score (nSPS) is 12.0. The maximum atomic E-state index is 2.36. The monoisotopic (exact) mass is 354 g/mol. The fourth-order valence-electron chi connectivity index (χ4n) is 4.09. The van der Waals surface area contributed by atoms with Crippen LogP contribution < -0.4 is 4.57 Å². The molecule has 0 saturated heterocycles. The second-order valence-corrected chi connectivity index (χ2v) is 8.95. The van der Waals surface area contributed by atoms with Crippen LogP contribution >= 0.6 is 0 Å². The van der Waals surface area contributed by atoms with E-state index in [1.165, 1.54) is 43.9 Å². The zero-order chi connectivity index (χ0) is 19.2. The predicted molar refractivity (Wildman–Crippen MR) is 116 cm³/mol. The van der Waals surface area contributed by atoms with E-state index in [0.717, 1.165) is 6.42 Å². The highest BCUT2D eigenvalue weighted by Gasteiger charge is 2.19. The van der Waals surface area contributed by atoms with E-state index < -0.39 is 0 Å². The summed E-state index contributed by atoms with van der Waals surface area (Å²) in [5.74, 6) is 0. The Balaban J connectivity index is 1.93. The van der Waals surface area contributed by atoms with Gasteiger partial charge in [0, 0.05) is 6.07 Å². The van der Waals surface area contributed by atoms with Gasteiger partial charge in [-0.1, -0.05) is 63.2 Å². The van der Waals surface area contributed by atoms with Crippen molar-refractivity contribution in [2.45, 2.75) is 34.1 Å². The van der Waals surface area contributed by atoms with Gasteiger partial charge in [0.1, 0.15) is 7.05 Å². The fraction of sp³-hybridized carbons (Fsp3) is 0.269. The number of fused-ring (bicyclic) bond motifs is 2. The molecule has 0 fully saturated rings. The summed E-state index contributed by atoms with van der Waals surface area (Å²) >= 11 is 0. The Labute approximate surface area is 162 Å². The smallest absolute Gasteiger partial charge is 0.200 e. The number of nitrogens with zero attached hydrogens (tertiary/aromatic N) is 1. The van der Waals surface area contributed by atoms with Crippen molar-refractivity contribution in [1.29, 1.82) is 0 Å². The molecular weight excluding hydrogens is 326 g/mol. The molecule has 0 atom stereocenters. The molecule has 1 heterocycles. The Bertz CT molecular complexity index is 1150. The van der Waals surface area contributed by atoms with Gasteiger partial charge < -0.3 is 0 Å². The third-order valence-electron chi connectivity index (χ3n) is 5.28. The second kappa shape index (κ2) is 6.49. The van der Waals surface area contributed by atoms with E-state index in [-0.39, 0.29) is 0 Å². The quantitative estimate of drug-likeness (QED) is 0.368. The van der Waals surface area contributed by atoms with Gasteiger partial charge in [0.15, 0.2) is 6.20 Å². The van der Waals surface area contributed by atoms with E-state index in [9.17, 15) is 0 Å². The number of aryl methyl sites for hydroxylation is 2. The van der Waals surface area contributed by atoms with Crippen molar-refractivity contribution in [2.75, 3.05) is 0 Å². The minimum atomic E-state index is 0.297. The lowest BCUT2D eigenvalue weighted by Crippen LogP contribution is -2.30. The maximum absolute atomic E-state index is 2.36. The molecule has 1 heteroatoms. The van der Waals surface area contributed by atoms with Crippen molar-refractivity contribution in [3.63, 3.8) is 0 Å². The zero-order valence-corrected chi connectivity index (χ0v) is 17.0. The number of rotatable bonds is 2. The number of benzene rings is 3. The molecule has 0 aliphatic rings. The Kier molecular flexibility index (Phi) is 4.26. The summed E-state index contributed by atoms with van der Waals surface area (Å²) in [6, 6.07) is 22.5. The second-order valence-electron chi connectivity index (χ2n) is 8.95. The lowest BCUT2D eigenvalue weighted by Gasteiger charge is -2.18. The van der Waals surface area contributed by atoms with Crippen molar-refractivity contribution < 1.29 is 4.57 Å². The minimum Gasteiger partial charge on any atom is -0.200 e. The first-order valence-corrected chi connectivity index (χ1v) is 9.73. The van der Waals surface area contributed by atoms with Crippen molar-refractivity contribution in [3.05, 3.63) is 78.0 Å². The maximum Gasteiger partial charge on any atom is 0.220 e. The summed E-state index contributed by atoms with van der Waals surface area (Å²) in [6.07, 6.45) is 3.28. The van der Waals surface area contributed by atoms with Crippen LogP contribution in [0.1, 0.15) is 31.9 Å². The Morgan fingerprint density at radius 2 is 1.52 bits per heavy atom. The lowest BCUT2D eigenvalue weighted by molar-refractivity contribution is -0.659. The van der Waals surface area contributed by atoms with E-state index in [1.54, 1.807) is 0 Å². The largest absolute Gasteiger partial charge is 0.220 e. The summed E-state index contributed by atoms with van der Waals surface area (Å²) in [5, 5.41) is 5.22. The molecule has 0 saturated carbocycles. The number of hydrogen-bond donors (Lipinski definition) is 0. The number of pyridine rings is 1. The van der Waals surface area contributed by atoms with Crippen LogP contribution in [0.3, 0.4) is 0 Å². The highest BCUT2D eigenvalue weighted by molar-refractivity contribution is 5.97. The Morgan fingerprint density at radius 1 is 0.815 bits per heavy atom. The first-order chi connectivity index (χ1) is 12.8. The van der Waals surface area contributed by atoms with Crippen molar-refractivity contribution >= 4 is 21.5 Å². The molecule has 0 N–H and O–H groups in total. The van der Waals surface area contributed by atoms with E-state index in [4.69, 9.17) is 0 Å². The van der Waals surface area contributed by atoms with Gasteiger partial charge in [-0.25, -0.2) is 4.57 Å². The van der Waals surface area contributed by atoms with Gasteiger partial charge in [0.25, 0.3) is 0 Å². The van der Waals surface area contributed by atoms with Crippen LogP contribution in [-0.2, 0) is 13.5 Å². The Hall–Kier alpha value is -2.67. The van der Waals surface area contributed by atoms with E-state index in [0.29, 0.717) is 5.41 Å². The van der Waals surface area contributed by atoms with Gasteiger partial charge in [0.2, 0.25) is 5.69 Å². The molecule has 1 nitrogen and oxygen atoms in total. The van der Waals surface area contributed by atoms with E-state index in [1.807, 2.05) is 0 Å². The van der Waals surface area contributed by atoms with E-state index >= 15 is 0 Å². The molecule has 0 amide bonds. The first kappa shape index (κ1) is 17.7. The highest BCUT2D eigenvalue weighted by Crippen LogP contribution is 2.32. The van der Waals surface area contributed by atoms with Crippen LogP contribution in [0.4, 0.5) is 0 Å². The molecule has 136 valence electrons. The number of hydrogen-bond acceptors (Lipinski definition) is 0. The summed E-state index contributed by atoms with van der Waals surface area (Å²) < 4.78 is 2.25. The standard InChI is InChI=1S/C26H28N/c1-18-14-20-8-6-7-9-21(20)16-24(18)25-23-11-10-19(17-26(2,3)4)15-22(23)12-13-27(25)5/h6-16H,17H2,1-5H3/q+1. The van der Waals surface area contributed by atoms with Crippen LogP contribution in [0.15, 0.2) is 66.9 Å². The van der Waals surface area contributed by atoms with E-state index in [2.05, 4.69) is 106 Å². The zero-order valence-electron chi connectivity index (χ0n) is 17.0. The average Bonchev–Trinajstić information content (AvgIpc) is 2.60. The molecular formula is C26H28N+. The predicted octanol–water partition coefficient (Wildman–Crippen LogP) is 6.38. The molecule has 4 aromatic rings. The Morgan fingerprint density at radius 3 is 2.22 bits per heavy atom. The molecule has 1 aromatic heterocycles. The molecule has 27 heavy (non-hydrogen) atoms. The van der Waals surface area contributed by atoms with Crippen molar-refractivity contribution in [2.24, 2.45) is 12.5 Å². The van der Waals surface area contributed by atoms with Crippen molar-refractivity contribution in [3.8, 4) is 11.3 Å². The summed E-state index contributed by atoms with van der Waals surface area (Å²) in [7, 11) is 2.15. The SMILES string of the molecule is Cc1cc2ccccc2cc1-c1c2ccc(CC(C)(C)C)cc2cc[n+]1C. The van der Waals surface area contributed by atoms with Crippen LogP contribution in [0, 0.1) is 12.3 Å².